The van der Waals surface area contributed by atoms with Crippen LogP contribution in [-0.2, 0) is 14.3 Å². The number of carbonyl (C=O) groups excluding carboxylic acids is 1. The van der Waals surface area contributed by atoms with Gasteiger partial charge in [0.2, 0.25) is 5.91 Å². The Labute approximate surface area is 175 Å². The summed E-state index contributed by atoms with van der Waals surface area (Å²) < 4.78 is 24.7. The molecule has 2 saturated heterocycles. The van der Waals surface area contributed by atoms with E-state index in [1.165, 1.54) is 12.1 Å². The lowest BCUT2D eigenvalue weighted by molar-refractivity contribution is -0.115. The first kappa shape index (κ1) is 21.8. The van der Waals surface area contributed by atoms with Crippen molar-refractivity contribution in [3.8, 4) is 0 Å². The van der Waals surface area contributed by atoms with Crippen LogP contribution >= 0.6 is 24.0 Å². The van der Waals surface area contributed by atoms with Crippen molar-refractivity contribution in [1.29, 1.82) is 0 Å². The molecule has 0 aromatic heterocycles. The Kier molecular flexibility index (Phi) is 8.71. The highest BCUT2D eigenvalue weighted by atomic mass is 127. The summed E-state index contributed by atoms with van der Waals surface area (Å²) in [7, 11) is 1.68. The number of halogens is 2. The van der Waals surface area contributed by atoms with Gasteiger partial charge in [0.1, 0.15) is 11.9 Å². The molecule has 27 heavy (non-hydrogen) atoms. The lowest BCUT2D eigenvalue weighted by Gasteiger charge is -2.37. The van der Waals surface area contributed by atoms with E-state index in [4.69, 9.17) is 9.47 Å². The van der Waals surface area contributed by atoms with Crippen LogP contribution in [-0.4, -0.2) is 68.9 Å². The Morgan fingerprint density at radius 2 is 2.15 bits per heavy atom. The molecule has 0 bridgehead atoms. The van der Waals surface area contributed by atoms with Gasteiger partial charge in [0.15, 0.2) is 5.96 Å². The zero-order chi connectivity index (χ0) is 18.4. The molecule has 0 spiro atoms. The second-order valence-corrected chi connectivity index (χ2v) is 6.37. The molecule has 2 atom stereocenters. The van der Waals surface area contributed by atoms with E-state index < -0.39 is 0 Å². The number of morpholine rings is 1. The van der Waals surface area contributed by atoms with Crippen LogP contribution in [0.2, 0.25) is 0 Å². The number of amides is 1. The van der Waals surface area contributed by atoms with Gasteiger partial charge in [0.25, 0.3) is 0 Å². The third kappa shape index (κ3) is 6.28. The molecule has 2 aliphatic heterocycles. The molecule has 0 radical (unpaired) electrons. The number of carbonyl (C=O) groups is 1. The molecule has 150 valence electrons. The predicted octanol–water partition coefficient (Wildman–Crippen LogP) is 1.84. The number of rotatable bonds is 4. The summed E-state index contributed by atoms with van der Waals surface area (Å²) in [6, 6.07) is 5.81. The fraction of sp³-hybridized carbons (Fsp3) is 0.556. The summed E-state index contributed by atoms with van der Waals surface area (Å²) in [5.41, 5.74) is 0.427. The highest BCUT2D eigenvalue weighted by Gasteiger charge is 2.32. The third-order valence-corrected chi connectivity index (χ3v) is 4.50. The quantitative estimate of drug-likeness (QED) is 0.381. The standard InChI is InChI=1S/C18H25FN4O3.HI/c1-20-18(21-11-17(24)22-14-5-2-4-13(19)10-14)23-7-9-26-16(12-23)15-6-3-8-25-15;/h2,4-5,10,15-16H,3,6-9,11-12H2,1H3,(H,20,21)(H,22,24);1H. The minimum Gasteiger partial charge on any atom is -0.375 e. The maximum atomic E-state index is 13.2. The van der Waals surface area contributed by atoms with Crippen LogP contribution in [0, 0.1) is 5.82 Å². The second kappa shape index (κ2) is 10.8. The molecule has 1 amide bonds. The first-order valence-corrected chi connectivity index (χ1v) is 8.90. The highest BCUT2D eigenvalue weighted by Crippen LogP contribution is 2.21. The normalized spacial score (nSPS) is 22.9. The van der Waals surface area contributed by atoms with Gasteiger partial charge >= 0.3 is 0 Å². The van der Waals surface area contributed by atoms with Crippen molar-refractivity contribution < 1.29 is 18.7 Å². The van der Waals surface area contributed by atoms with Gasteiger partial charge < -0.3 is 25.0 Å². The summed E-state index contributed by atoms with van der Waals surface area (Å²) in [5.74, 6) is -0.00793. The molecule has 1 aromatic rings. The molecule has 2 heterocycles. The first-order valence-electron chi connectivity index (χ1n) is 8.90. The number of hydrogen-bond donors (Lipinski definition) is 2. The number of hydrogen-bond acceptors (Lipinski definition) is 4. The number of ether oxygens (including phenoxy) is 2. The van der Waals surface area contributed by atoms with E-state index in [1.807, 2.05) is 0 Å². The van der Waals surface area contributed by atoms with E-state index in [1.54, 1.807) is 19.2 Å². The van der Waals surface area contributed by atoms with Gasteiger partial charge in [-0.25, -0.2) is 4.39 Å². The van der Waals surface area contributed by atoms with Gasteiger partial charge in [-0.05, 0) is 31.0 Å². The van der Waals surface area contributed by atoms with Gasteiger partial charge in [-0.1, -0.05) is 6.07 Å². The monoisotopic (exact) mass is 492 g/mol. The molecule has 2 fully saturated rings. The molecular formula is C18H26FIN4O3. The van der Waals surface area contributed by atoms with E-state index in [9.17, 15) is 9.18 Å². The van der Waals surface area contributed by atoms with Crippen molar-refractivity contribution in [3.05, 3.63) is 30.1 Å². The number of nitrogens with one attached hydrogen (secondary N) is 2. The van der Waals surface area contributed by atoms with Gasteiger partial charge in [0, 0.05) is 32.4 Å². The van der Waals surface area contributed by atoms with E-state index in [0.717, 1.165) is 19.4 Å². The second-order valence-electron chi connectivity index (χ2n) is 6.37. The minimum atomic E-state index is -0.389. The summed E-state index contributed by atoms with van der Waals surface area (Å²) in [5, 5.41) is 5.72. The number of guanidine groups is 1. The van der Waals surface area contributed by atoms with E-state index >= 15 is 0 Å². The minimum absolute atomic E-state index is 0. The van der Waals surface area contributed by atoms with Crippen LogP contribution in [0.4, 0.5) is 10.1 Å². The molecule has 0 aliphatic carbocycles. The molecule has 2 unspecified atom stereocenters. The molecule has 1 aromatic carbocycles. The molecule has 9 heteroatoms. The Hall–Kier alpha value is -1.46. The van der Waals surface area contributed by atoms with E-state index in [2.05, 4.69) is 20.5 Å². The fourth-order valence-electron chi connectivity index (χ4n) is 3.25. The molecule has 3 rings (SSSR count). The molecule has 7 nitrogen and oxygen atoms in total. The zero-order valence-corrected chi connectivity index (χ0v) is 17.6. The van der Waals surface area contributed by atoms with Crippen molar-refractivity contribution in [2.45, 2.75) is 25.0 Å². The van der Waals surface area contributed by atoms with E-state index in [0.29, 0.717) is 31.3 Å². The molecule has 2 N–H and O–H groups in total. The van der Waals surface area contributed by atoms with Crippen molar-refractivity contribution in [2.75, 3.05) is 45.2 Å². The van der Waals surface area contributed by atoms with Crippen molar-refractivity contribution in [1.82, 2.24) is 10.2 Å². The van der Waals surface area contributed by atoms with Crippen LogP contribution in [0.25, 0.3) is 0 Å². The third-order valence-electron chi connectivity index (χ3n) is 4.50. The van der Waals surface area contributed by atoms with Crippen LogP contribution in [0.15, 0.2) is 29.3 Å². The van der Waals surface area contributed by atoms with Crippen molar-refractivity contribution >= 4 is 41.5 Å². The summed E-state index contributed by atoms with van der Waals surface area (Å²) in [6.45, 7) is 2.81. The van der Waals surface area contributed by atoms with Gasteiger partial charge in [-0.3, -0.25) is 9.79 Å². The fourth-order valence-corrected chi connectivity index (χ4v) is 3.25. The predicted molar refractivity (Wildman–Crippen MR) is 112 cm³/mol. The summed E-state index contributed by atoms with van der Waals surface area (Å²) in [4.78, 5) is 18.4. The average molecular weight is 492 g/mol. The molecular weight excluding hydrogens is 466 g/mol. The van der Waals surface area contributed by atoms with Gasteiger partial charge in [-0.15, -0.1) is 24.0 Å². The summed E-state index contributed by atoms with van der Waals surface area (Å²) >= 11 is 0. The van der Waals surface area contributed by atoms with Crippen molar-refractivity contribution in [3.63, 3.8) is 0 Å². The smallest absolute Gasteiger partial charge is 0.243 e. The topological polar surface area (TPSA) is 75.2 Å². The molecule has 0 saturated carbocycles. The van der Waals surface area contributed by atoms with Crippen molar-refractivity contribution in [2.24, 2.45) is 4.99 Å². The zero-order valence-electron chi connectivity index (χ0n) is 15.3. The number of benzene rings is 1. The van der Waals surface area contributed by atoms with E-state index in [-0.39, 0.29) is 54.5 Å². The van der Waals surface area contributed by atoms with Gasteiger partial charge in [-0.2, -0.15) is 0 Å². The summed E-state index contributed by atoms with van der Waals surface area (Å²) in [6.07, 6.45) is 2.23. The Bertz CT molecular complexity index is 655. The van der Waals surface area contributed by atoms with Gasteiger partial charge in [0.05, 0.1) is 19.3 Å². The maximum absolute atomic E-state index is 13.2. The largest absolute Gasteiger partial charge is 0.375 e. The Morgan fingerprint density at radius 1 is 1.33 bits per heavy atom. The van der Waals surface area contributed by atoms with Crippen LogP contribution in [0.3, 0.4) is 0 Å². The molecule has 2 aliphatic rings. The van der Waals surface area contributed by atoms with Crippen LogP contribution in [0.5, 0.6) is 0 Å². The highest BCUT2D eigenvalue weighted by molar-refractivity contribution is 14.0. The number of anilines is 1. The SMILES string of the molecule is CN=C(NCC(=O)Nc1cccc(F)c1)N1CCOC(C2CCCO2)C1.I. The first-order chi connectivity index (χ1) is 12.7. The lowest BCUT2D eigenvalue weighted by atomic mass is 10.1. The Morgan fingerprint density at radius 3 is 2.85 bits per heavy atom. The average Bonchev–Trinajstić information content (AvgIpc) is 3.17. The van der Waals surface area contributed by atoms with Crippen LogP contribution in [0.1, 0.15) is 12.8 Å². The number of nitrogens with zero attached hydrogens (tertiary/aromatic N) is 2. The lowest BCUT2D eigenvalue weighted by Crippen LogP contribution is -2.54. The maximum Gasteiger partial charge on any atom is 0.243 e. The van der Waals surface area contributed by atoms with Crippen LogP contribution < -0.4 is 10.6 Å². The Balaban J connectivity index is 0.00000261. The number of aliphatic imine (C=N–C) groups is 1.